The number of anilines is 1. The molecule has 2 aromatic carbocycles. The molecule has 0 bridgehead atoms. The van der Waals surface area contributed by atoms with Gasteiger partial charge in [0.15, 0.2) is 0 Å². The molecule has 6 nitrogen and oxygen atoms in total. The molecule has 0 saturated heterocycles. The Morgan fingerprint density at radius 3 is 2.12 bits per heavy atom. The van der Waals surface area contributed by atoms with Crippen LogP contribution < -0.4 is 9.83 Å². The van der Waals surface area contributed by atoms with Crippen molar-refractivity contribution < 1.29 is 23.4 Å². The van der Waals surface area contributed by atoms with Crippen molar-refractivity contribution in [1.82, 2.24) is 0 Å². The number of nitrogens with one attached hydrogen (secondary N) is 1. The van der Waals surface area contributed by atoms with Crippen molar-refractivity contribution >= 4 is 21.7 Å². The molecule has 0 heterocycles. The van der Waals surface area contributed by atoms with Gasteiger partial charge in [-0.3, -0.25) is 4.72 Å². The second-order valence-electron chi connectivity index (χ2n) is 6.40. The van der Waals surface area contributed by atoms with Gasteiger partial charge in [-0.15, -0.1) is 0 Å². The molecule has 0 atom stereocenters. The van der Waals surface area contributed by atoms with E-state index in [9.17, 15) is 18.3 Å². The molecule has 0 aromatic heterocycles. The van der Waals surface area contributed by atoms with Crippen molar-refractivity contribution in [1.29, 1.82) is 0 Å². The van der Waals surface area contributed by atoms with Gasteiger partial charge in [-0.25, -0.2) is 13.2 Å². The molecule has 0 radical (unpaired) electrons. The van der Waals surface area contributed by atoms with Crippen LogP contribution in [0.1, 0.15) is 36.7 Å². The number of benzene rings is 2. The van der Waals surface area contributed by atoms with E-state index in [0.717, 1.165) is 17.7 Å². The lowest BCUT2D eigenvalue weighted by Crippen LogP contribution is -2.15. The first-order valence-corrected chi connectivity index (χ1v) is 8.67. The van der Waals surface area contributed by atoms with Crippen LogP contribution in [0.2, 0.25) is 0 Å². The Labute approximate surface area is 140 Å². The van der Waals surface area contributed by atoms with Crippen LogP contribution in [0.3, 0.4) is 0 Å². The maximum atomic E-state index is 12.4. The lowest BCUT2D eigenvalue weighted by Gasteiger charge is -2.19. The first-order valence-electron chi connectivity index (χ1n) is 7.18. The topological polar surface area (TPSA) is 107 Å². The predicted molar refractivity (Wildman–Crippen MR) is 88.8 cm³/mol. The van der Waals surface area contributed by atoms with Crippen LogP contribution >= 0.6 is 0 Å². The smallest absolute Gasteiger partial charge is 0.335 e. The lowest BCUT2D eigenvalue weighted by atomic mass is 9.87. The third kappa shape index (κ3) is 3.86. The quantitative estimate of drug-likeness (QED) is 0.883. The van der Waals surface area contributed by atoms with Crippen LogP contribution in [0.4, 0.5) is 5.69 Å². The highest BCUT2D eigenvalue weighted by atomic mass is 32.2. The number of hydrogen-bond donors (Lipinski definition) is 2. The second-order valence-corrected chi connectivity index (χ2v) is 8.08. The van der Waals surface area contributed by atoms with Crippen molar-refractivity contribution in [3.63, 3.8) is 0 Å². The molecule has 2 rings (SSSR count). The van der Waals surface area contributed by atoms with Crippen LogP contribution in [0.5, 0.6) is 5.75 Å². The van der Waals surface area contributed by atoms with E-state index in [2.05, 4.69) is 4.72 Å². The molecule has 128 valence electrons. The minimum Gasteiger partial charge on any atom is -0.872 e. The molecule has 0 fully saturated rings. The highest BCUT2D eigenvalue weighted by molar-refractivity contribution is 7.92. The molecule has 0 saturated carbocycles. The summed E-state index contributed by atoms with van der Waals surface area (Å²) in [7, 11) is -3.86. The lowest BCUT2D eigenvalue weighted by molar-refractivity contribution is -0.268. The number of carboxylic acid groups (broad SMARTS) is 1. The first kappa shape index (κ1) is 17.8. The van der Waals surface area contributed by atoms with Crippen LogP contribution in [-0.4, -0.2) is 19.5 Å². The van der Waals surface area contributed by atoms with Crippen LogP contribution in [0, 0.1) is 0 Å². The Morgan fingerprint density at radius 1 is 1.08 bits per heavy atom. The van der Waals surface area contributed by atoms with Gasteiger partial charge in [-0.1, -0.05) is 38.7 Å². The Bertz CT molecular complexity index is 865. The van der Waals surface area contributed by atoms with E-state index >= 15 is 0 Å². The van der Waals surface area contributed by atoms with E-state index < -0.39 is 27.3 Å². The molecule has 0 unspecified atom stereocenters. The van der Waals surface area contributed by atoms with E-state index in [-0.39, 0.29) is 16.0 Å². The highest BCUT2D eigenvalue weighted by Gasteiger charge is 2.18. The molecule has 24 heavy (non-hydrogen) atoms. The average molecular weight is 348 g/mol. The Balaban J connectivity index is 2.28. The van der Waals surface area contributed by atoms with Gasteiger partial charge >= 0.3 is 5.97 Å². The second kappa shape index (κ2) is 6.16. The van der Waals surface area contributed by atoms with Gasteiger partial charge in [0.05, 0.1) is 10.5 Å². The summed E-state index contributed by atoms with van der Waals surface area (Å²) in [6.07, 6.45) is 0. The molecule has 0 aliphatic carbocycles. The fourth-order valence-corrected chi connectivity index (χ4v) is 3.16. The number of sulfonamides is 1. The largest absolute Gasteiger partial charge is 0.872 e. The van der Waals surface area contributed by atoms with E-state index in [1.165, 1.54) is 18.2 Å². The van der Waals surface area contributed by atoms with E-state index in [4.69, 9.17) is 5.11 Å². The minimum absolute atomic E-state index is 0.0184. The van der Waals surface area contributed by atoms with Gasteiger partial charge in [0.1, 0.15) is 0 Å². The maximum absolute atomic E-state index is 12.4. The van der Waals surface area contributed by atoms with Crippen LogP contribution in [0.15, 0.2) is 47.4 Å². The van der Waals surface area contributed by atoms with Gasteiger partial charge < -0.3 is 10.2 Å². The Morgan fingerprint density at radius 2 is 1.67 bits per heavy atom. The maximum Gasteiger partial charge on any atom is 0.335 e. The molecule has 0 amide bonds. The highest BCUT2D eigenvalue weighted by Crippen LogP contribution is 2.25. The zero-order valence-corrected chi connectivity index (χ0v) is 14.3. The Kier molecular flexibility index (Phi) is 4.57. The van der Waals surface area contributed by atoms with Gasteiger partial charge in [0.25, 0.3) is 10.0 Å². The Hall–Kier alpha value is -2.54. The number of carboxylic acids is 1. The third-order valence-electron chi connectivity index (χ3n) is 3.49. The summed E-state index contributed by atoms with van der Waals surface area (Å²) in [5, 5.41) is 20.5. The fraction of sp³-hybridized carbons (Fsp3) is 0.235. The van der Waals surface area contributed by atoms with E-state index in [0.29, 0.717) is 0 Å². The standard InChI is InChI=1S/C17H19NO5S/c1-17(2,3)11-4-7-13(8-5-11)24(22,23)18-12-6-9-14(16(20)21)15(19)10-12/h4-10,18-19H,1-3H3,(H,20,21)/p-1. The number of aromatic carboxylic acids is 1. The number of rotatable bonds is 4. The molecule has 2 N–H and O–H groups in total. The summed E-state index contributed by atoms with van der Waals surface area (Å²) >= 11 is 0. The fourth-order valence-electron chi connectivity index (χ4n) is 2.11. The van der Waals surface area contributed by atoms with E-state index in [1.807, 2.05) is 20.8 Å². The van der Waals surface area contributed by atoms with Crippen molar-refractivity contribution in [3.05, 3.63) is 53.6 Å². The van der Waals surface area contributed by atoms with Crippen molar-refractivity contribution in [2.45, 2.75) is 31.1 Å². The summed E-state index contributed by atoms with van der Waals surface area (Å²) < 4.78 is 27.0. The first-order chi connectivity index (χ1) is 11.0. The zero-order chi connectivity index (χ0) is 18.1. The molecule has 0 spiro atoms. The minimum atomic E-state index is -3.86. The van der Waals surface area contributed by atoms with Crippen molar-refractivity contribution in [2.24, 2.45) is 0 Å². The summed E-state index contributed by atoms with van der Waals surface area (Å²) in [6, 6.07) is 9.73. The summed E-state index contributed by atoms with van der Waals surface area (Å²) in [4.78, 5) is 10.9. The number of carbonyl (C=O) groups is 1. The van der Waals surface area contributed by atoms with Crippen molar-refractivity contribution in [3.8, 4) is 5.75 Å². The van der Waals surface area contributed by atoms with Gasteiger partial charge in [-0.2, -0.15) is 0 Å². The molecular weight excluding hydrogens is 330 g/mol. The average Bonchev–Trinajstić information content (AvgIpc) is 2.45. The monoisotopic (exact) mass is 348 g/mol. The van der Waals surface area contributed by atoms with Gasteiger partial charge in [-0.05, 0) is 41.3 Å². The van der Waals surface area contributed by atoms with Crippen molar-refractivity contribution in [2.75, 3.05) is 4.72 Å². The van der Waals surface area contributed by atoms with Crippen LogP contribution in [0.25, 0.3) is 0 Å². The molecule has 2 aromatic rings. The van der Waals surface area contributed by atoms with E-state index in [1.54, 1.807) is 12.1 Å². The summed E-state index contributed by atoms with van der Waals surface area (Å²) in [5.74, 6) is -2.11. The van der Waals surface area contributed by atoms with Crippen LogP contribution in [-0.2, 0) is 15.4 Å². The predicted octanol–water partition coefficient (Wildman–Crippen LogP) is 2.56. The number of hydrogen-bond acceptors (Lipinski definition) is 4. The molecule has 7 heteroatoms. The summed E-state index contributed by atoms with van der Waals surface area (Å²) in [5.41, 5.74) is 0.506. The third-order valence-corrected chi connectivity index (χ3v) is 4.89. The molecule has 0 aliphatic rings. The molecular formula is C17H18NO5S-. The van der Waals surface area contributed by atoms with Gasteiger partial charge in [0, 0.05) is 5.69 Å². The summed E-state index contributed by atoms with van der Waals surface area (Å²) in [6.45, 7) is 6.07. The molecule has 0 aliphatic heterocycles. The van der Waals surface area contributed by atoms with Gasteiger partial charge in [0.2, 0.25) is 0 Å². The normalized spacial score (nSPS) is 12.0. The zero-order valence-electron chi connectivity index (χ0n) is 13.5. The SMILES string of the molecule is CC(C)(C)c1ccc(S(=O)(=O)Nc2ccc(C(=O)O)c([O-])c2)cc1.